The van der Waals surface area contributed by atoms with Gasteiger partial charge in [0.15, 0.2) is 0 Å². The Kier molecular flexibility index (Phi) is 8.59. The van der Waals surface area contributed by atoms with Gasteiger partial charge in [0.2, 0.25) is 10.0 Å². The van der Waals surface area contributed by atoms with Gasteiger partial charge in [-0.15, -0.1) is 0 Å². The van der Waals surface area contributed by atoms with E-state index in [2.05, 4.69) is 86.2 Å². The van der Waals surface area contributed by atoms with Crippen LogP contribution in [0.15, 0.2) is 60.7 Å². The molecule has 1 aliphatic carbocycles. The molecule has 0 atom stereocenters. The lowest BCUT2D eigenvalue weighted by Gasteiger charge is -2.44. The third-order valence-electron chi connectivity index (χ3n) is 7.30. The highest BCUT2D eigenvalue weighted by Gasteiger charge is 2.50. The lowest BCUT2D eigenvalue weighted by molar-refractivity contribution is 0.124. The van der Waals surface area contributed by atoms with Crippen LogP contribution in [-0.2, 0) is 14.4 Å². The largest absolute Gasteiger partial charge is 0.407 e. The lowest BCUT2D eigenvalue weighted by atomic mass is 9.70. The van der Waals surface area contributed by atoms with E-state index in [4.69, 9.17) is 4.43 Å². The second-order valence-electron chi connectivity index (χ2n) is 10.7. The van der Waals surface area contributed by atoms with Crippen LogP contribution in [0, 0.1) is 5.41 Å². The maximum Gasteiger partial charge on any atom is 0.261 e. The van der Waals surface area contributed by atoms with E-state index in [-0.39, 0.29) is 10.5 Å². The van der Waals surface area contributed by atoms with Crippen molar-refractivity contribution in [2.24, 2.45) is 5.41 Å². The van der Waals surface area contributed by atoms with Gasteiger partial charge in [0, 0.05) is 13.2 Å². The first kappa shape index (κ1) is 26.1. The fourth-order valence-corrected chi connectivity index (χ4v) is 10.6. The summed E-state index contributed by atoms with van der Waals surface area (Å²) in [4.78, 5) is 0. The van der Waals surface area contributed by atoms with E-state index in [1.807, 2.05) is 0 Å². The van der Waals surface area contributed by atoms with Gasteiger partial charge in [-0.3, -0.25) is 0 Å². The summed E-state index contributed by atoms with van der Waals surface area (Å²) in [6, 6.07) is 21.6. The minimum absolute atomic E-state index is 0.0344. The van der Waals surface area contributed by atoms with Gasteiger partial charge in [-0.05, 0) is 46.5 Å². The van der Waals surface area contributed by atoms with Crippen LogP contribution in [0.5, 0.6) is 0 Å². The standard InChI is InChI=1S/C27H41NO3SSi/c1-26(2,3)33(24-14-8-5-9-15-24,25-16-10-6-11-17-25)31-23-21-27(18-12-7-13-19-27)20-22-28-32(4,29)30/h5-6,8-11,14-17,28H,7,12-13,18-23H2,1-4H3. The van der Waals surface area contributed by atoms with Gasteiger partial charge in [-0.1, -0.05) is 101 Å². The summed E-state index contributed by atoms with van der Waals surface area (Å²) in [5.41, 5.74) is 0.154. The third-order valence-corrected chi connectivity index (χ3v) is 13.1. The zero-order valence-electron chi connectivity index (χ0n) is 20.8. The van der Waals surface area contributed by atoms with Gasteiger partial charge in [0.05, 0.1) is 6.26 Å². The molecule has 1 N–H and O–H groups in total. The van der Waals surface area contributed by atoms with E-state index < -0.39 is 18.3 Å². The Morgan fingerprint density at radius 1 is 0.879 bits per heavy atom. The molecule has 0 bridgehead atoms. The molecule has 2 aromatic rings. The summed E-state index contributed by atoms with van der Waals surface area (Å²) in [5.74, 6) is 0. The zero-order valence-corrected chi connectivity index (χ0v) is 22.6. The molecule has 0 unspecified atom stereocenters. The molecule has 6 heteroatoms. The zero-order chi connectivity index (χ0) is 24.0. The van der Waals surface area contributed by atoms with E-state index in [9.17, 15) is 8.42 Å². The van der Waals surface area contributed by atoms with Crippen LogP contribution in [0.25, 0.3) is 0 Å². The topological polar surface area (TPSA) is 55.4 Å². The van der Waals surface area contributed by atoms with Crippen LogP contribution < -0.4 is 15.1 Å². The molecule has 0 aliphatic heterocycles. The molecule has 1 fully saturated rings. The van der Waals surface area contributed by atoms with E-state index in [1.165, 1.54) is 35.9 Å². The van der Waals surface area contributed by atoms with Crippen molar-refractivity contribution in [3.63, 3.8) is 0 Å². The fourth-order valence-electron chi connectivity index (χ4n) is 5.61. The highest BCUT2D eigenvalue weighted by Crippen LogP contribution is 2.43. The summed E-state index contributed by atoms with van der Waals surface area (Å²) in [6.07, 6.45) is 9.12. The average molecular weight is 488 g/mol. The molecular weight excluding hydrogens is 446 g/mol. The van der Waals surface area contributed by atoms with Crippen LogP contribution in [0.4, 0.5) is 0 Å². The maximum atomic E-state index is 11.6. The summed E-state index contributed by atoms with van der Waals surface area (Å²) in [5, 5.41) is 2.58. The molecule has 0 radical (unpaired) electrons. The van der Waals surface area contributed by atoms with Crippen molar-refractivity contribution in [1.82, 2.24) is 4.72 Å². The Labute approximate surface area is 202 Å². The number of sulfonamides is 1. The van der Waals surface area contributed by atoms with Crippen molar-refractivity contribution in [2.75, 3.05) is 19.4 Å². The fraction of sp³-hybridized carbons (Fsp3) is 0.556. The van der Waals surface area contributed by atoms with E-state index in [1.54, 1.807) is 0 Å². The van der Waals surface area contributed by atoms with Crippen molar-refractivity contribution in [2.45, 2.75) is 70.8 Å². The molecular formula is C27H41NO3SSi. The number of benzene rings is 2. The molecule has 1 saturated carbocycles. The van der Waals surface area contributed by atoms with Gasteiger partial charge in [0.1, 0.15) is 0 Å². The quantitative estimate of drug-likeness (QED) is 0.488. The molecule has 0 saturated heterocycles. The normalized spacial score (nSPS) is 17.1. The number of nitrogens with one attached hydrogen (secondary N) is 1. The Morgan fingerprint density at radius 3 is 1.85 bits per heavy atom. The molecule has 1 aliphatic rings. The van der Waals surface area contributed by atoms with Crippen molar-refractivity contribution in [1.29, 1.82) is 0 Å². The molecule has 3 rings (SSSR count). The van der Waals surface area contributed by atoms with Crippen molar-refractivity contribution in [3.8, 4) is 0 Å². The molecule has 0 aromatic heterocycles. The molecule has 0 amide bonds. The molecule has 33 heavy (non-hydrogen) atoms. The third kappa shape index (κ3) is 6.56. The first-order valence-corrected chi connectivity index (χ1v) is 16.1. The Hall–Kier alpha value is -1.47. The number of rotatable bonds is 10. The van der Waals surface area contributed by atoms with Crippen LogP contribution in [0.1, 0.15) is 65.7 Å². The summed E-state index contributed by atoms with van der Waals surface area (Å²) < 4.78 is 33.1. The summed E-state index contributed by atoms with van der Waals surface area (Å²) >= 11 is 0. The maximum absolute atomic E-state index is 11.6. The van der Waals surface area contributed by atoms with E-state index in [0.717, 1.165) is 25.7 Å². The molecule has 0 spiro atoms. The van der Waals surface area contributed by atoms with Crippen molar-refractivity contribution in [3.05, 3.63) is 60.7 Å². The second kappa shape index (κ2) is 10.9. The predicted molar refractivity (Wildman–Crippen MR) is 141 cm³/mol. The van der Waals surface area contributed by atoms with E-state index in [0.29, 0.717) is 13.2 Å². The van der Waals surface area contributed by atoms with Crippen LogP contribution in [-0.4, -0.2) is 36.1 Å². The van der Waals surface area contributed by atoms with Gasteiger partial charge in [0.25, 0.3) is 8.32 Å². The second-order valence-corrected chi connectivity index (χ2v) is 16.9. The van der Waals surface area contributed by atoms with Crippen LogP contribution in [0.3, 0.4) is 0 Å². The smallest absolute Gasteiger partial charge is 0.261 e. The SMILES string of the molecule is CC(C)(C)[Si](OCCC1(CCNS(C)(=O)=O)CCCCC1)(c1ccccc1)c1ccccc1. The van der Waals surface area contributed by atoms with Gasteiger partial charge >= 0.3 is 0 Å². The first-order chi connectivity index (χ1) is 15.6. The molecule has 4 nitrogen and oxygen atoms in total. The number of hydrogen-bond acceptors (Lipinski definition) is 3. The van der Waals surface area contributed by atoms with Crippen LogP contribution >= 0.6 is 0 Å². The lowest BCUT2D eigenvalue weighted by Crippen LogP contribution is -2.66. The van der Waals surface area contributed by atoms with E-state index >= 15 is 0 Å². The van der Waals surface area contributed by atoms with Crippen molar-refractivity contribution < 1.29 is 12.8 Å². The Balaban J connectivity index is 1.87. The minimum atomic E-state index is -3.16. The van der Waals surface area contributed by atoms with Gasteiger partial charge < -0.3 is 4.43 Å². The summed E-state index contributed by atoms with van der Waals surface area (Å²) in [6.45, 7) is 8.15. The number of hydrogen-bond donors (Lipinski definition) is 1. The molecule has 2 aromatic carbocycles. The highest BCUT2D eigenvalue weighted by atomic mass is 32.2. The monoisotopic (exact) mass is 487 g/mol. The Bertz CT molecular complexity index is 926. The minimum Gasteiger partial charge on any atom is -0.407 e. The molecule has 0 heterocycles. The van der Waals surface area contributed by atoms with Crippen LogP contribution in [0.2, 0.25) is 5.04 Å². The van der Waals surface area contributed by atoms with Gasteiger partial charge in [-0.2, -0.15) is 0 Å². The highest BCUT2D eigenvalue weighted by molar-refractivity contribution is 7.88. The first-order valence-electron chi connectivity index (χ1n) is 12.3. The predicted octanol–water partition coefficient (Wildman–Crippen LogP) is 4.84. The van der Waals surface area contributed by atoms with Gasteiger partial charge in [-0.25, -0.2) is 13.1 Å². The summed E-state index contributed by atoms with van der Waals surface area (Å²) in [7, 11) is -5.70. The van der Waals surface area contributed by atoms with Crippen molar-refractivity contribution >= 4 is 28.7 Å². The molecule has 182 valence electrons. The Morgan fingerprint density at radius 2 is 1.39 bits per heavy atom. The average Bonchev–Trinajstić information content (AvgIpc) is 2.77.